The van der Waals surface area contributed by atoms with Gasteiger partial charge in [-0.05, 0) is 35.9 Å². The Morgan fingerprint density at radius 3 is 2.59 bits per heavy atom. The van der Waals surface area contributed by atoms with Crippen molar-refractivity contribution in [3.05, 3.63) is 65.1 Å². The van der Waals surface area contributed by atoms with Crippen LogP contribution in [0.5, 0.6) is 0 Å². The average molecular weight is 351 g/mol. The first kappa shape index (κ1) is 15.2. The van der Waals surface area contributed by atoms with Crippen molar-refractivity contribution in [1.29, 1.82) is 0 Å². The summed E-state index contributed by atoms with van der Waals surface area (Å²) in [6, 6.07) is 14.5. The number of hydrogen-bond donors (Lipinski definition) is 1. The Labute approximate surface area is 139 Å². The second-order valence-electron chi connectivity index (χ2n) is 4.39. The molecule has 0 bridgehead atoms. The maximum absolute atomic E-state index is 11.7. The van der Waals surface area contributed by atoms with E-state index >= 15 is 0 Å². The van der Waals surface area contributed by atoms with Crippen LogP contribution < -0.4 is 4.31 Å². The molecular weight excluding hydrogens is 340 g/mol. The van der Waals surface area contributed by atoms with Gasteiger partial charge in [0.05, 0.1) is 5.69 Å². The predicted octanol–water partition coefficient (Wildman–Crippen LogP) is 4.74. The smallest absolute Gasteiger partial charge is 0.267 e. The molecule has 0 spiro atoms. The van der Waals surface area contributed by atoms with Gasteiger partial charge in [0.1, 0.15) is 5.82 Å². The van der Waals surface area contributed by atoms with Crippen molar-refractivity contribution < 1.29 is 8.76 Å². The predicted molar refractivity (Wildman–Crippen MR) is 91.9 cm³/mol. The van der Waals surface area contributed by atoms with Crippen LogP contribution in [0.25, 0.3) is 10.4 Å². The Morgan fingerprint density at radius 1 is 1.18 bits per heavy atom. The van der Waals surface area contributed by atoms with Gasteiger partial charge < -0.3 is 0 Å². The van der Waals surface area contributed by atoms with E-state index in [-0.39, 0.29) is 0 Å². The molecule has 0 saturated heterocycles. The summed E-state index contributed by atoms with van der Waals surface area (Å²) in [5.74, 6) is 0.420. The zero-order valence-electron chi connectivity index (χ0n) is 11.2. The fourth-order valence-corrected chi connectivity index (χ4v) is 3.60. The number of anilines is 2. The zero-order chi connectivity index (χ0) is 15.5. The van der Waals surface area contributed by atoms with E-state index in [0.717, 1.165) is 10.4 Å². The summed E-state index contributed by atoms with van der Waals surface area (Å²) >= 11 is 5.19. The molecule has 0 fully saturated rings. The fourth-order valence-electron chi connectivity index (χ4n) is 1.97. The number of pyridine rings is 1. The summed E-state index contributed by atoms with van der Waals surface area (Å²) in [5.41, 5.74) is 1.62. The van der Waals surface area contributed by atoms with E-state index in [1.165, 1.54) is 15.6 Å². The Kier molecular flexibility index (Phi) is 4.54. The molecule has 0 amide bonds. The van der Waals surface area contributed by atoms with Crippen LogP contribution in [0.15, 0.2) is 60.1 Å². The van der Waals surface area contributed by atoms with Gasteiger partial charge in [0, 0.05) is 21.5 Å². The molecule has 0 aliphatic heterocycles. The van der Waals surface area contributed by atoms with Crippen molar-refractivity contribution in [1.82, 2.24) is 4.98 Å². The maximum Gasteiger partial charge on any atom is 0.267 e. The van der Waals surface area contributed by atoms with Gasteiger partial charge >= 0.3 is 0 Å². The van der Waals surface area contributed by atoms with E-state index in [1.54, 1.807) is 24.4 Å². The molecule has 7 heteroatoms. The minimum absolute atomic E-state index is 0.420. The summed E-state index contributed by atoms with van der Waals surface area (Å²) < 4.78 is 22.5. The number of halogens is 1. The molecular formula is C15H11ClN2O2S2. The van der Waals surface area contributed by atoms with Crippen molar-refractivity contribution in [3.63, 3.8) is 0 Å². The summed E-state index contributed by atoms with van der Waals surface area (Å²) in [6.45, 7) is 0. The number of aromatic nitrogens is 1. The van der Waals surface area contributed by atoms with E-state index in [4.69, 9.17) is 11.6 Å². The van der Waals surface area contributed by atoms with Gasteiger partial charge in [0.2, 0.25) is 0 Å². The molecule has 3 aromatic rings. The molecule has 2 heterocycles. The second-order valence-corrected chi connectivity index (χ2v) is 6.56. The third-order valence-electron chi connectivity index (χ3n) is 2.96. The number of nitrogens with zero attached hydrogens (tertiary/aromatic N) is 2. The van der Waals surface area contributed by atoms with Gasteiger partial charge in [-0.25, -0.2) is 13.5 Å². The molecule has 112 valence electrons. The quantitative estimate of drug-likeness (QED) is 0.691. The molecule has 1 unspecified atom stereocenters. The first-order valence-corrected chi connectivity index (χ1v) is 8.64. The van der Waals surface area contributed by atoms with Crippen molar-refractivity contribution in [2.45, 2.75) is 0 Å². The first-order chi connectivity index (χ1) is 10.6. The minimum Gasteiger partial charge on any atom is -0.289 e. The van der Waals surface area contributed by atoms with Crippen LogP contribution in [0, 0.1) is 0 Å². The van der Waals surface area contributed by atoms with E-state index in [0.29, 0.717) is 16.5 Å². The molecule has 1 aromatic carbocycles. The van der Waals surface area contributed by atoms with Gasteiger partial charge in [0.25, 0.3) is 11.3 Å². The number of benzene rings is 1. The van der Waals surface area contributed by atoms with Gasteiger partial charge in [-0.2, -0.15) is 0 Å². The molecule has 1 N–H and O–H groups in total. The average Bonchev–Trinajstić information content (AvgIpc) is 2.98. The van der Waals surface area contributed by atoms with Crippen LogP contribution in [0.3, 0.4) is 0 Å². The minimum atomic E-state index is -2.20. The standard InChI is InChI=1S/C15H11ClN2O2S2/c16-12-6-4-11(5-7-12)14-9-13(10-21-14)18(22(19)20)15-3-1-2-8-17-15/h1-10H,(H,19,20). The Balaban J connectivity index is 1.97. The van der Waals surface area contributed by atoms with Gasteiger partial charge in [-0.15, -0.1) is 11.3 Å². The summed E-state index contributed by atoms with van der Waals surface area (Å²) in [6.07, 6.45) is 1.58. The third kappa shape index (κ3) is 3.20. The van der Waals surface area contributed by atoms with Crippen LogP contribution >= 0.6 is 22.9 Å². The Hall–Kier alpha value is -1.73. The lowest BCUT2D eigenvalue weighted by molar-refractivity contribution is 0.564. The largest absolute Gasteiger partial charge is 0.289 e. The highest BCUT2D eigenvalue weighted by atomic mass is 35.5. The van der Waals surface area contributed by atoms with Crippen LogP contribution in [-0.4, -0.2) is 13.7 Å². The molecule has 0 saturated carbocycles. The van der Waals surface area contributed by atoms with E-state index in [1.807, 2.05) is 35.7 Å². The van der Waals surface area contributed by atoms with E-state index < -0.39 is 11.3 Å². The van der Waals surface area contributed by atoms with Crippen LogP contribution in [0.2, 0.25) is 5.02 Å². The monoisotopic (exact) mass is 350 g/mol. The number of thiophene rings is 1. The van der Waals surface area contributed by atoms with Crippen LogP contribution in [-0.2, 0) is 11.3 Å². The molecule has 1 atom stereocenters. The highest BCUT2D eigenvalue weighted by Gasteiger charge is 2.18. The van der Waals surface area contributed by atoms with Crippen molar-refractivity contribution in [3.8, 4) is 10.4 Å². The van der Waals surface area contributed by atoms with Crippen molar-refractivity contribution in [2.75, 3.05) is 4.31 Å². The Morgan fingerprint density at radius 2 is 1.95 bits per heavy atom. The lowest BCUT2D eigenvalue weighted by Gasteiger charge is -2.16. The number of rotatable bonds is 4. The topological polar surface area (TPSA) is 53.4 Å². The number of hydrogen-bond acceptors (Lipinski definition) is 3. The fraction of sp³-hybridized carbons (Fsp3) is 0. The van der Waals surface area contributed by atoms with Crippen molar-refractivity contribution >= 4 is 45.7 Å². The summed E-state index contributed by atoms with van der Waals surface area (Å²) in [5, 5.41) is 2.50. The highest BCUT2D eigenvalue weighted by molar-refractivity contribution is 7.81. The molecule has 0 aliphatic rings. The Bertz CT molecular complexity index is 791. The molecule has 0 aliphatic carbocycles. The SMILES string of the molecule is O=S(O)N(c1csc(-c2ccc(Cl)cc2)c1)c1ccccn1. The maximum atomic E-state index is 11.7. The summed E-state index contributed by atoms with van der Waals surface area (Å²) in [4.78, 5) is 5.11. The molecule has 4 nitrogen and oxygen atoms in total. The van der Waals surface area contributed by atoms with E-state index in [9.17, 15) is 8.76 Å². The lowest BCUT2D eigenvalue weighted by Crippen LogP contribution is -2.19. The highest BCUT2D eigenvalue weighted by Crippen LogP contribution is 2.35. The van der Waals surface area contributed by atoms with Crippen LogP contribution in [0.1, 0.15) is 0 Å². The summed E-state index contributed by atoms with van der Waals surface area (Å²) in [7, 11) is 0. The van der Waals surface area contributed by atoms with E-state index in [2.05, 4.69) is 4.98 Å². The van der Waals surface area contributed by atoms with Gasteiger partial charge in [0.15, 0.2) is 0 Å². The molecule has 0 radical (unpaired) electrons. The molecule has 2 aromatic heterocycles. The van der Waals surface area contributed by atoms with Crippen molar-refractivity contribution in [2.24, 2.45) is 0 Å². The van der Waals surface area contributed by atoms with Gasteiger partial charge in [-0.3, -0.25) is 4.55 Å². The van der Waals surface area contributed by atoms with Crippen LogP contribution in [0.4, 0.5) is 11.5 Å². The molecule has 22 heavy (non-hydrogen) atoms. The second kappa shape index (κ2) is 6.58. The van der Waals surface area contributed by atoms with Gasteiger partial charge in [-0.1, -0.05) is 29.8 Å². The third-order valence-corrected chi connectivity index (χ3v) is 4.89. The normalized spacial score (nSPS) is 12.1. The lowest BCUT2D eigenvalue weighted by atomic mass is 10.2. The zero-order valence-corrected chi connectivity index (χ0v) is 13.6. The molecule has 3 rings (SSSR count). The first-order valence-electron chi connectivity index (χ1n) is 6.32.